The molecule has 1 heterocycles. The number of carbonyl (C=O) groups is 2. The lowest BCUT2D eigenvalue weighted by molar-refractivity contribution is -0.144. The molecule has 1 saturated heterocycles. The van der Waals surface area contributed by atoms with E-state index >= 15 is 0 Å². The molecule has 5 heteroatoms. The summed E-state index contributed by atoms with van der Waals surface area (Å²) in [7, 11) is 0. The zero-order valence-electron chi connectivity index (χ0n) is 17.3. The highest BCUT2D eigenvalue weighted by Gasteiger charge is 2.51. The lowest BCUT2D eigenvalue weighted by atomic mass is 9.65. The number of nitrogens with zero attached hydrogens (tertiary/aromatic N) is 1. The van der Waals surface area contributed by atoms with Gasteiger partial charge in [0.25, 0.3) is 0 Å². The molecule has 152 valence electrons. The summed E-state index contributed by atoms with van der Waals surface area (Å²) in [6.45, 7) is 7.41. The van der Waals surface area contributed by atoms with E-state index in [4.69, 9.17) is 4.74 Å². The van der Waals surface area contributed by atoms with Crippen molar-refractivity contribution in [2.75, 3.05) is 11.9 Å². The van der Waals surface area contributed by atoms with Crippen molar-refractivity contribution in [3.05, 3.63) is 54.6 Å². The first-order chi connectivity index (χ1) is 13.7. The summed E-state index contributed by atoms with van der Waals surface area (Å²) in [5.74, 6) is 0.414. The average Bonchev–Trinajstić information content (AvgIpc) is 2.92. The van der Waals surface area contributed by atoms with Crippen molar-refractivity contribution in [3.63, 3.8) is 0 Å². The molecule has 29 heavy (non-hydrogen) atoms. The maximum Gasteiger partial charge on any atom is 0.313 e. The molecule has 2 aliphatic rings. The van der Waals surface area contributed by atoms with Crippen LogP contribution in [-0.2, 0) is 9.59 Å². The molecule has 4 rings (SSSR count). The highest BCUT2D eigenvalue weighted by atomic mass is 16.5. The Morgan fingerprint density at radius 1 is 0.966 bits per heavy atom. The Kier molecular flexibility index (Phi) is 4.85. The fraction of sp³-hybridized carbons (Fsp3) is 0.417. The fourth-order valence-electron chi connectivity index (χ4n) is 5.24. The molecule has 1 saturated carbocycles. The summed E-state index contributed by atoms with van der Waals surface area (Å²) in [4.78, 5) is 27.2. The first-order valence-corrected chi connectivity index (χ1v) is 10.2. The number of carbonyl (C=O) groups excluding carboxylic acids is 2. The molecule has 2 amide bonds. The van der Waals surface area contributed by atoms with E-state index in [1.165, 1.54) is 0 Å². The van der Waals surface area contributed by atoms with Gasteiger partial charge in [-0.05, 0) is 66.5 Å². The zero-order chi connectivity index (χ0) is 20.6. The van der Waals surface area contributed by atoms with Crippen molar-refractivity contribution < 1.29 is 14.3 Å². The molecule has 0 spiro atoms. The minimum Gasteiger partial charge on any atom is -0.457 e. The molecular weight excluding hydrogens is 364 g/mol. The number of hydrogen-bond acceptors (Lipinski definition) is 3. The van der Waals surface area contributed by atoms with Crippen LogP contribution >= 0.6 is 0 Å². The molecule has 2 atom stereocenters. The molecule has 2 fully saturated rings. The van der Waals surface area contributed by atoms with Gasteiger partial charge >= 0.3 is 11.8 Å². The molecule has 0 aromatic heterocycles. The largest absolute Gasteiger partial charge is 0.457 e. The molecule has 1 aliphatic heterocycles. The van der Waals surface area contributed by atoms with Crippen LogP contribution in [0.15, 0.2) is 54.6 Å². The number of nitrogens with one attached hydrogen (secondary N) is 1. The van der Waals surface area contributed by atoms with Crippen LogP contribution in [-0.4, -0.2) is 29.3 Å². The second kappa shape index (κ2) is 7.21. The van der Waals surface area contributed by atoms with Crippen molar-refractivity contribution in [1.29, 1.82) is 0 Å². The summed E-state index contributed by atoms with van der Waals surface area (Å²) < 4.78 is 5.76. The van der Waals surface area contributed by atoms with E-state index < -0.39 is 11.8 Å². The predicted octanol–water partition coefficient (Wildman–Crippen LogP) is 4.84. The Labute approximate surface area is 172 Å². The monoisotopic (exact) mass is 392 g/mol. The minimum absolute atomic E-state index is 0.110. The minimum atomic E-state index is -0.573. The highest BCUT2D eigenvalue weighted by Crippen LogP contribution is 2.52. The lowest BCUT2D eigenvalue weighted by Crippen LogP contribution is -2.43. The summed E-state index contributed by atoms with van der Waals surface area (Å²) in [5, 5.41) is 2.74. The van der Waals surface area contributed by atoms with E-state index in [2.05, 4.69) is 26.1 Å². The van der Waals surface area contributed by atoms with E-state index in [0.717, 1.165) is 25.0 Å². The number of amides is 2. The fourth-order valence-corrected chi connectivity index (χ4v) is 5.24. The number of anilines is 1. The molecule has 2 aromatic carbocycles. The number of ether oxygens (including phenoxy) is 1. The van der Waals surface area contributed by atoms with Gasteiger partial charge in [0, 0.05) is 18.3 Å². The molecule has 2 unspecified atom stereocenters. The Hall–Kier alpha value is -2.82. The number of fused-ring (bicyclic) bond motifs is 2. The van der Waals surface area contributed by atoms with Crippen LogP contribution in [0.2, 0.25) is 0 Å². The molecule has 0 radical (unpaired) electrons. The van der Waals surface area contributed by atoms with Crippen molar-refractivity contribution in [2.24, 2.45) is 10.8 Å². The van der Waals surface area contributed by atoms with E-state index in [1.807, 2.05) is 30.3 Å². The third-order valence-corrected chi connectivity index (χ3v) is 5.96. The summed E-state index contributed by atoms with van der Waals surface area (Å²) in [6.07, 6.45) is 3.03. The van der Waals surface area contributed by atoms with Crippen LogP contribution in [0.1, 0.15) is 40.0 Å². The average molecular weight is 392 g/mol. The van der Waals surface area contributed by atoms with Gasteiger partial charge in [-0.3, -0.25) is 9.59 Å². The first kappa shape index (κ1) is 19.5. The van der Waals surface area contributed by atoms with Gasteiger partial charge in [0.2, 0.25) is 0 Å². The summed E-state index contributed by atoms with van der Waals surface area (Å²) >= 11 is 0. The van der Waals surface area contributed by atoms with Crippen molar-refractivity contribution in [2.45, 2.75) is 46.1 Å². The SMILES string of the molecule is CC1(C)CC2CC(C)(CN2C(=O)C(=O)Nc2ccc(Oc3ccccc3)cc2)C1. The van der Waals surface area contributed by atoms with Crippen LogP contribution in [0.3, 0.4) is 0 Å². The quantitative estimate of drug-likeness (QED) is 0.760. The molecular formula is C24H28N2O3. The van der Waals surface area contributed by atoms with Gasteiger partial charge in [0.05, 0.1) is 0 Å². The number of benzene rings is 2. The smallest absolute Gasteiger partial charge is 0.313 e. The Balaban J connectivity index is 1.39. The molecule has 1 aliphatic carbocycles. The van der Waals surface area contributed by atoms with Crippen LogP contribution in [0.5, 0.6) is 11.5 Å². The molecule has 1 N–H and O–H groups in total. The topological polar surface area (TPSA) is 58.6 Å². The van der Waals surface area contributed by atoms with Gasteiger partial charge in [-0.15, -0.1) is 0 Å². The summed E-state index contributed by atoms with van der Waals surface area (Å²) in [5.41, 5.74) is 0.897. The Bertz CT molecular complexity index is 907. The summed E-state index contributed by atoms with van der Waals surface area (Å²) in [6, 6.07) is 16.7. The van der Waals surface area contributed by atoms with Gasteiger partial charge in [-0.2, -0.15) is 0 Å². The molecule has 2 aromatic rings. The van der Waals surface area contributed by atoms with Gasteiger partial charge in [-0.25, -0.2) is 0 Å². The normalized spacial score (nSPS) is 24.8. The van der Waals surface area contributed by atoms with E-state index in [1.54, 1.807) is 29.2 Å². The third kappa shape index (κ3) is 4.29. The Morgan fingerprint density at radius 2 is 1.62 bits per heavy atom. The third-order valence-electron chi connectivity index (χ3n) is 5.96. The van der Waals surface area contributed by atoms with Crippen molar-refractivity contribution >= 4 is 17.5 Å². The molecule has 2 bridgehead atoms. The van der Waals surface area contributed by atoms with Crippen LogP contribution in [0, 0.1) is 10.8 Å². The van der Waals surface area contributed by atoms with Gasteiger partial charge in [0.1, 0.15) is 11.5 Å². The van der Waals surface area contributed by atoms with E-state index in [0.29, 0.717) is 18.0 Å². The number of para-hydroxylation sites is 1. The standard InChI is InChI=1S/C24H28N2O3/c1-23(2)13-18-14-24(3,15-23)16-26(18)22(28)21(27)25-17-9-11-20(12-10-17)29-19-7-5-4-6-8-19/h4-12,18H,13-16H2,1-3H3,(H,25,27). The first-order valence-electron chi connectivity index (χ1n) is 10.2. The second-order valence-corrected chi connectivity index (χ2v) is 9.54. The van der Waals surface area contributed by atoms with E-state index in [-0.39, 0.29) is 16.9 Å². The van der Waals surface area contributed by atoms with Crippen molar-refractivity contribution in [3.8, 4) is 11.5 Å². The molecule has 5 nitrogen and oxygen atoms in total. The number of hydrogen-bond donors (Lipinski definition) is 1. The predicted molar refractivity (Wildman–Crippen MR) is 113 cm³/mol. The number of likely N-dealkylation sites (tertiary alicyclic amines) is 1. The van der Waals surface area contributed by atoms with E-state index in [9.17, 15) is 9.59 Å². The van der Waals surface area contributed by atoms with Crippen molar-refractivity contribution in [1.82, 2.24) is 4.90 Å². The van der Waals surface area contributed by atoms with Crippen LogP contribution in [0.4, 0.5) is 5.69 Å². The second-order valence-electron chi connectivity index (χ2n) is 9.54. The van der Waals surface area contributed by atoms with Gasteiger partial charge in [-0.1, -0.05) is 39.0 Å². The zero-order valence-corrected chi connectivity index (χ0v) is 17.3. The Morgan fingerprint density at radius 3 is 2.31 bits per heavy atom. The van der Waals surface area contributed by atoms with Gasteiger partial charge < -0.3 is 15.0 Å². The highest BCUT2D eigenvalue weighted by molar-refractivity contribution is 6.39. The lowest BCUT2D eigenvalue weighted by Gasteiger charge is -2.39. The maximum absolute atomic E-state index is 12.8. The van der Waals surface area contributed by atoms with Gasteiger partial charge in [0.15, 0.2) is 0 Å². The van der Waals surface area contributed by atoms with Crippen LogP contribution in [0.25, 0.3) is 0 Å². The van der Waals surface area contributed by atoms with Crippen LogP contribution < -0.4 is 10.1 Å². The number of rotatable bonds is 3. The maximum atomic E-state index is 12.8.